The quantitative estimate of drug-likeness (QED) is 0.0922. The molecule has 8 fully saturated rings. The molecule has 8 N–H and O–H groups in total. The maximum absolute atomic E-state index is 14.9. The van der Waals surface area contributed by atoms with E-state index in [1.807, 2.05) is 9.80 Å². The van der Waals surface area contributed by atoms with E-state index in [9.17, 15) is 84.3 Å². The fourth-order valence-electron chi connectivity index (χ4n) is 15.7. The van der Waals surface area contributed by atoms with E-state index in [0.29, 0.717) is 135 Å². The van der Waals surface area contributed by atoms with E-state index in [2.05, 4.69) is 39.3 Å². The van der Waals surface area contributed by atoms with Gasteiger partial charge in [0.25, 0.3) is 17.8 Å². The van der Waals surface area contributed by atoms with E-state index >= 15 is 0 Å². The molecule has 4 aromatic heterocycles. The summed E-state index contributed by atoms with van der Waals surface area (Å²) in [5.74, 6) is -12.0. The average Bonchev–Trinajstić information content (AvgIpc) is 1.61. The van der Waals surface area contributed by atoms with Crippen LogP contribution in [0.15, 0.2) is 68.9 Å². The van der Waals surface area contributed by atoms with E-state index in [4.69, 9.17) is 26.7 Å². The van der Waals surface area contributed by atoms with Crippen LogP contribution in [0.1, 0.15) is 197 Å². The summed E-state index contributed by atoms with van der Waals surface area (Å²) in [5.41, 5.74) is 11.8. The van der Waals surface area contributed by atoms with Gasteiger partial charge in [0.2, 0.25) is 5.78 Å². The number of aromatic nitrogens is 6. The summed E-state index contributed by atoms with van der Waals surface area (Å²) >= 11 is 1.46. The number of ketones is 1. The van der Waals surface area contributed by atoms with Gasteiger partial charge in [0.15, 0.2) is 23.0 Å². The van der Waals surface area contributed by atoms with Gasteiger partial charge in [-0.1, -0.05) is 23.5 Å². The van der Waals surface area contributed by atoms with E-state index in [1.165, 1.54) is 41.6 Å². The molecule has 22 nitrogen and oxygen atoms in total. The number of amides is 2. The number of nitrogen functional groups attached to an aromatic ring is 2. The lowest BCUT2D eigenvalue weighted by Crippen LogP contribution is -2.57. The third-order valence-electron chi connectivity index (χ3n) is 22.3. The molecule has 8 aliphatic rings. The van der Waals surface area contributed by atoms with E-state index in [0.717, 1.165) is 35.9 Å². The molecule has 4 saturated heterocycles. The minimum absolute atomic E-state index is 0.0103. The molecule has 40 heteroatoms. The molecule has 4 spiro atoms. The largest absolute Gasteiger partial charge is 0.444 e. The Morgan fingerprint density at radius 1 is 0.482 bits per heavy atom. The summed E-state index contributed by atoms with van der Waals surface area (Å²) in [6.07, 6.45) is -1.38. The highest BCUT2D eigenvalue weighted by Gasteiger charge is 2.63. The number of piperidine rings is 4. The number of hydrogen-bond donors (Lipinski definition) is 5. The highest BCUT2D eigenvalue weighted by molar-refractivity contribution is 7.99. The van der Waals surface area contributed by atoms with Gasteiger partial charge < -0.3 is 46.3 Å². The Kier molecular flexibility index (Phi) is 27.2. The normalized spacial score (nSPS) is 24.0. The molecule has 4 aliphatic heterocycles. The van der Waals surface area contributed by atoms with Gasteiger partial charge >= 0.3 is 30.5 Å². The SMILES string of the molecule is CC(C)(C)OC(=O)N1CCC2(CC1)CCC(F)(F)C2=O.CC(C)(C)OC(=O)N1CCC2(CC1)CCC(F)(F)C2NS(=O)C(C)(C)C.CC(C)(C)S(=O)NC1C(F)(F)CCC12CCN(c1cnc(Sc3cccnc3C(F)(F)F)c(N)n1)CC2.Nc1nc(N2CCC3(CC2)CCC(F)(F)C3N)cnc1Sc1cccnc1C(F)(F)F. The van der Waals surface area contributed by atoms with Gasteiger partial charge in [-0.15, -0.1) is 0 Å². The van der Waals surface area contributed by atoms with Crippen LogP contribution in [-0.2, 0) is 48.6 Å². The molecular formula is C74H103F14N15O7S4. The van der Waals surface area contributed by atoms with Gasteiger partial charge in [-0.3, -0.25) is 14.8 Å². The first-order valence-electron chi connectivity index (χ1n) is 37.7. The molecule has 0 bridgehead atoms. The number of nitrogens with one attached hydrogen (secondary N) is 2. The lowest BCUT2D eigenvalue weighted by Gasteiger charge is -2.44. The molecule has 5 unspecified atom stereocenters. The Hall–Kier alpha value is -6.23. The van der Waals surface area contributed by atoms with Crippen molar-refractivity contribution < 1.29 is 93.7 Å². The van der Waals surface area contributed by atoms with Gasteiger partial charge in [0, 0.05) is 106 Å². The van der Waals surface area contributed by atoms with Crippen LogP contribution in [0.4, 0.5) is 94.3 Å². The number of nitrogens with two attached hydrogens (primary N) is 3. The van der Waals surface area contributed by atoms with E-state index < -0.39 is 148 Å². The van der Waals surface area contributed by atoms with Crippen LogP contribution in [0.2, 0.25) is 0 Å². The summed E-state index contributed by atoms with van der Waals surface area (Å²) in [5, 5.41) is 0.244. The Bertz CT molecular complexity index is 4110. The van der Waals surface area contributed by atoms with Crippen molar-refractivity contribution in [1.29, 1.82) is 0 Å². The molecule has 5 atom stereocenters. The Balaban J connectivity index is 0.000000178. The summed E-state index contributed by atoms with van der Waals surface area (Å²) in [7, 11) is -3.20. The summed E-state index contributed by atoms with van der Waals surface area (Å²) in [6.45, 7) is 24.4. The molecule has 638 valence electrons. The standard InChI is InChI=1S/C23H29F5N6OS2.C19H21F5N6S.C18H32F2N2O3S.C14H21F2NO3/c1-20(2,3)37(35)33-19-21(6-7-22(19,24)25)8-11-34(12-9-21)15-13-31-18(17(29)32-15)36-14-5-4-10-30-16(14)23(26,27)28;20-18(21)4-3-17(16(18)26)5-8-30(9-6-17)12-10-28-15(14(25)29-12)31-11-2-1-7-27-13(11)19(22,23)24;1-15(2,3)25-14(23)22-11-9-17(10-12-22)7-8-18(19,20)13(17)21-26(24)16(4,5)6;1-12(2,3)20-11(19)17-8-6-13(7-9-17)4-5-14(15,16)10(13)18/h4-5,10,13,19,33H,6-9,11-12H2,1-3H3,(H2,29,32);1-2,7,10,16H,3-6,8-9,26H2,(H2,25,29);13,21H,7-12H2,1-6H3;4-9H2,1-3H3. The molecule has 2 amide bonds. The zero-order chi connectivity index (χ0) is 84.8. The van der Waals surface area contributed by atoms with Gasteiger partial charge in [-0.2, -0.15) is 35.1 Å². The van der Waals surface area contributed by atoms with Gasteiger partial charge in [-0.05, 0) is 201 Å². The number of ether oxygens (including phenoxy) is 2. The maximum Gasteiger partial charge on any atom is 0.434 e. The number of nitrogens with zero attached hydrogens (tertiary/aromatic N) is 10. The third-order valence-corrected chi connectivity index (χ3v) is 27.5. The van der Waals surface area contributed by atoms with Crippen LogP contribution in [0.5, 0.6) is 0 Å². The monoisotopic (exact) mass is 1710 g/mol. The van der Waals surface area contributed by atoms with Crippen molar-refractivity contribution in [3.05, 3.63) is 60.4 Å². The van der Waals surface area contributed by atoms with Crippen LogP contribution in [0.3, 0.4) is 0 Å². The van der Waals surface area contributed by atoms with Crippen molar-refractivity contribution >= 4 is 86.7 Å². The van der Waals surface area contributed by atoms with Crippen molar-refractivity contribution in [1.82, 2.24) is 49.1 Å². The van der Waals surface area contributed by atoms with Crippen LogP contribution < -0.4 is 36.4 Å². The predicted molar refractivity (Wildman–Crippen MR) is 406 cm³/mol. The molecule has 114 heavy (non-hydrogen) atoms. The number of halogens is 14. The van der Waals surface area contributed by atoms with Crippen LogP contribution >= 0.6 is 23.5 Å². The predicted octanol–water partition coefficient (Wildman–Crippen LogP) is 15.9. The summed E-state index contributed by atoms with van der Waals surface area (Å²) < 4.78 is 233. The van der Waals surface area contributed by atoms with E-state index in [1.54, 1.807) is 88.0 Å². The summed E-state index contributed by atoms with van der Waals surface area (Å²) in [6, 6.07) is 1.89. The van der Waals surface area contributed by atoms with Gasteiger partial charge in [-0.25, -0.2) is 73.7 Å². The number of anilines is 4. The Morgan fingerprint density at radius 2 is 0.825 bits per heavy atom. The molecule has 8 heterocycles. The first-order valence-corrected chi connectivity index (χ1v) is 41.6. The van der Waals surface area contributed by atoms with Gasteiger partial charge in [0.1, 0.15) is 32.9 Å². The second kappa shape index (κ2) is 33.9. The smallest absolute Gasteiger partial charge is 0.434 e. The molecule has 4 aromatic rings. The fourth-order valence-corrected chi connectivity index (χ4v) is 19.4. The summed E-state index contributed by atoms with van der Waals surface area (Å²) in [4.78, 5) is 66.4. The molecule has 4 saturated carbocycles. The van der Waals surface area contributed by atoms with Crippen molar-refractivity contribution in [2.24, 2.45) is 27.4 Å². The molecule has 0 aromatic carbocycles. The topological polar surface area (TPSA) is 296 Å². The maximum atomic E-state index is 14.9. The number of likely N-dealkylation sites (tertiary alicyclic amines) is 2. The number of Topliss-reactive ketones (excluding diaryl/α,β-unsaturated/α-hetero) is 1. The van der Waals surface area contributed by atoms with Crippen molar-refractivity contribution in [2.45, 2.75) is 281 Å². The van der Waals surface area contributed by atoms with Crippen LogP contribution in [-0.4, -0.2) is 181 Å². The number of hydrogen-bond acceptors (Lipinski definition) is 20. The van der Waals surface area contributed by atoms with Crippen molar-refractivity contribution in [3.63, 3.8) is 0 Å². The lowest BCUT2D eigenvalue weighted by atomic mass is 9.74. The highest BCUT2D eigenvalue weighted by atomic mass is 32.2. The lowest BCUT2D eigenvalue weighted by molar-refractivity contribution is -0.147. The third kappa shape index (κ3) is 21.6. The number of alkyl halides is 14. The van der Waals surface area contributed by atoms with Crippen LogP contribution in [0, 0.1) is 21.7 Å². The average molecular weight is 1710 g/mol. The van der Waals surface area contributed by atoms with E-state index in [-0.39, 0.29) is 63.6 Å². The molecule has 4 aliphatic carbocycles. The fraction of sp³-hybridized carbons (Fsp3) is 0.716. The molecule has 12 rings (SSSR count). The number of rotatable bonds is 10. The first-order chi connectivity index (χ1) is 52.4. The number of carbonyl (C=O) groups excluding carboxylic acids is 3. The zero-order valence-electron chi connectivity index (χ0n) is 65.8. The molecule has 0 radical (unpaired) electrons. The van der Waals surface area contributed by atoms with Crippen LogP contribution in [0.25, 0.3) is 0 Å². The first kappa shape index (κ1) is 91.7. The minimum Gasteiger partial charge on any atom is -0.444 e. The molecular weight excluding hydrogens is 1610 g/mol. The van der Waals surface area contributed by atoms with Crippen molar-refractivity contribution in [3.8, 4) is 0 Å². The Morgan fingerprint density at radius 3 is 1.14 bits per heavy atom. The number of carbonyl (C=O) groups is 3. The second-order valence-corrected chi connectivity index (χ2v) is 40.7. The van der Waals surface area contributed by atoms with Gasteiger partial charge in [0.05, 0.1) is 62.0 Å². The number of pyridine rings is 2. The zero-order valence-corrected chi connectivity index (χ0v) is 69.1. The Labute approximate surface area is 668 Å². The second-order valence-electron chi connectivity index (χ2n) is 34.7. The highest BCUT2D eigenvalue weighted by Crippen LogP contribution is 2.57. The minimum atomic E-state index is -4.63. The van der Waals surface area contributed by atoms with Crippen molar-refractivity contribution in [2.75, 3.05) is 73.6 Å².